The molecule has 0 bridgehead atoms. The number of amides is 1. The molecule has 0 saturated carbocycles. The van der Waals surface area contributed by atoms with E-state index < -0.39 is 0 Å². The number of carbonyl (C=O) groups is 1. The van der Waals surface area contributed by atoms with Crippen molar-refractivity contribution in [2.45, 2.75) is 38.6 Å². The largest absolute Gasteiger partial charge is 0.479 e. The Morgan fingerprint density at radius 3 is 3.04 bits per heavy atom. The summed E-state index contributed by atoms with van der Waals surface area (Å²) in [5.41, 5.74) is 1.92. The van der Waals surface area contributed by atoms with Crippen LogP contribution >= 0.6 is 0 Å². The summed E-state index contributed by atoms with van der Waals surface area (Å²) >= 11 is 0. The summed E-state index contributed by atoms with van der Waals surface area (Å²) in [5, 5.41) is 6.85. The molecule has 3 aromatic heterocycles. The van der Waals surface area contributed by atoms with Crippen molar-refractivity contribution in [2.24, 2.45) is 0 Å². The number of carbonyl (C=O) groups excluding carboxylic acids is 1. The fourth-order valence-corrected chi connectivity index (χ4v) is 3.57. The van der Waals surface area contributed by atoms with Crippen molar-refractivity contribution in [2.75, 3.05) is 13.7 Å². The highest BCUT2D eigenvalue weighted by Gasteiger charge is 2.31. The predicted molar refractivity (Wildman–Crippen MR) is 95.6 cm³/mol. The maximum absolute atomic E-state index is 12.7. The van der Waals surface area contributed by atoms with Crippen LogP contribution in [0.4, 0.5) is 0 Å². The van der Waals surface area contributed by atoms with E-state index in [1.165, 1.54) is 17.7 Å². The number of fused-ring (bicyclic) bond motifs is 1. The highest BCUT2D eigenvalue weighted by atomic mass is 16.5. The van der Waals surface area contributed by atoms with E-state index in [0.717, 1.165) is 18.5 Å². The van der Waals surface area contributed by atoms with E-state index in [4.69, 9.17) is 9.26 Å². The molecule has 1 atom stereocenters. The predicted octanol–water partition coefficient (Wildman–Crippen LogP) is 1.62. The van der Waals surface area contributed by atoms with Crippen LogP contribution in [0, 0.1) is 6.92 Å². The molecule has 4 rings (SSSR count). The maximum Gasteiger partial charge on any atom is 0.272 e. The average Bonchev–Trinajstić information content (AvgIpc) is 3.37. The smallest absolute Gasteiger partial charge is 0.272 e. The number of nitrogens with zero attached hydrogens (tertiary/aromatic N) is 4. The van der Waals surface area contributed by atoms with E-state index in [0.29, 0.717) is 42.4 Å². The number of aromatic amines is 1. The normalized spacial score (nSPS) is 17.0. The maximum atomic E-state index is 12.7. The molecule has 142 valence electrons. The Hall–Kier alpha value is -3.10. The van der Waals surface area contributed by atoms with Gasteiger partial charge in [-0.25, -0.2) is 9.50 Å². The number of H-pyrrole nitrogens is 1. The highest BCUT2D eigenvalue weighted by molar-refractivity contribution is 5.77. The summed E-state index contributed by atoms with van der Waals surface area (Å²) in [6.07, 6.45) is 2.56. The Balaban J connectivity index is 1.50. The standard InChI is InChI=1S/C18H21N5O4/c1-11-8-18(25)23-15(19-11)10-13(20-23)14-4-3-7-22(14)17(24)6-5-12-9-16(26-2)21-27-12/h8-10,14,20H,3-7H2,1-2H3/t14-/m0/s1. The molecule has 0 unspecified atom stereocenters. The summed E-state index contributed by atoms with van der Waals surface area (Å²) < 4.78 is 11.6. The summed E-state index contributed by atoms with van der Waals surface area (Å²) in [7, 11) is 1.52. The van der Waals surface area contributed by atoms with Gasteiger partial charge in [0.25, 0.3) is 11.4 Å². The lowest BCUT2D eigenvalue weighted by Crippen LogP contribution is -2.31. The molecule has 9 heteroatoms. The number of methoxy groups -OCH3 is 1. The van der Waals surface area contributed by atoms with E-state index in [9.17, 15) is 9.59 Å². The minimum Gasteiger partial charge on any atom is -0.479 e. The number of likely N-dealkylation sites (tertiary alicyclic amines) is 1. The third kappa shape index (κ3) is 3.32. The van der Waals surface area contributed by atoms with Gasteiger partial charge in [0.05, 0.1) is 18.8 Å². The zero-order valence-corrected chi connectivity index (χ0v) is 15.3. The molecule has 1 aliphatic heterocycles. The Kier molecular flexibility index (Phi) is 4.43. The van der Waals surface area contributed by atoms with Crippen LogP contribution < -0.4 is 10.3 Å². The van der Waals surface area contributed by atoms with Gasteiger partial charge in [0.15, 0.2) is 5.65 Å². The molecule has 0 spiro atoms. The van der Waals surface area contributed by atoms with Gasteiger partial charge in [0, 0.05) is 43.3 Å². The second-order valence-electron chi connectivity index (χ2n) is 6.72. The van der Waals surface area contributed by atoms with E-state index in [1.807, 2.05) is 11.0 Å². The number of aryl methyl sites for hydroxylation is 2. The highest BCUT2D eigenvalue weighted by Crippen LogP contribution is 2.32. The first-order chi connectivity index (χ1) is 13.0. The molecular weight excluding hydrogens is 350 g/mol. The summed E-state index contributed by atoms with van der Waals surface area (Å²) in [4.78, 5) is 31.1. The quantitative estimate of drug-likeness (QED) is 0.731. The third-order valence-corrected chi connectivity index (χ3v) is 4.86. The lowest BCUT2D eigenvalue weighted by molar-refractivity contribution is -0.132. The van der Waals surface area contributed by atoms with E-state index in [1.54, 1.807) is 13.0 Å². The fraction of sp³-hybridized carbons (Fsp3) is 0.444. The van der Waals surface area contributed by atoms with Gasteiger partial charge >= 0.3 is 0 Å². The number of rotatable bonds is 5. The molecule has 9 nitrogen and oxygen atoms in total. The molecule has 0 radical (unpaired) electrons. The first kappa shape index (κ1) is 17.3. The van der Waals surface area contributed by atoms with E-state index in [2.05, 4.69) is 15.2 Å². The number of nitrogens with one attached hydrogen (secondary N) is 1. The van der Waals surface area contributed by atoms with Gasteiger partial charge in [-0.3, -0.25) is 14.7 Å². The molecule has 1 N–H and O–H groups in total. The van der Waals surface area contributed by atoms with Gasteiger partial charge in [0.1, 0.15) is 5.76 Å². The van der Waals surface area contributed by atoms with Crippen molar-refractivity contribution in [1.29, 1.82) is 0 Å². The SMILES string of the molecule is COc1cc(CCC(=O)N2CCC[C@H]2c2cc3nc(C)cc(=O)n3[nH]2)on1. The lowest BCUT2D eigenvalue weighted by Gasteiger charge is -2.23. The number of hydrogen-bond donors (Lipinski definition) is 1. The molecule has 1 saturated heterocycles. The second-order valence-corrected chi connectivity index (χ2v) is 6.72. The van der Waals surface area contributed by atoms with Crippen LogP contribution in [-0.4, -0.2) is 44.2 Å². The Labute approximate surface area is 154 Å². The summed E-state index contributed by atoms with van der Waals surface area (Å²) in [5.74, 6) is 1.07. The van der Waals surface area contributed by atoms with E-state index >= 15 is 0 Å². The minimum atomic E-state index is -0.154. The number of ether oxygens (including phenoxy) is 1. The van der Waals surface area contributed by atoms with Gasteiger partial charge in [-0.05, 0) is 24.9 Å². The molecule has 0 aromatic carbocycles. The van der Waals surface area contributed by atoms with Crippen molar-refractivity contribution in [3.8, 4) is 5.88 Å². The molecule has 3 aromatic rings. The third-order valence-electron chi connectivity index (χ3n) is 4.86. The fourth-order valence-electron chi connectivity index (χ4n) is 3.57. The van der Waals surface area contributed by atoms with Crippen molar-refractivity contribution in [3.63, 3.8) is 0 Å². The van der Waals surface area contributed by atoms with Crippen LogP contribution in [0.5, 0.6) is 5.88 Å². The monoisotopic (exact) mass is 371 g/mol. The van der Waals surface area contributed by atoms with Crippen molar-refractivity contribution < 1.29 is 14.1 Å². The molecule has 1 aliphatic rings. The van der Waals surface area contributed by atoms with E-state index in [-0.39, 0.29) is 17.5 Å². The van der Waals surface area contributed by atoms with Gasteiger partial charge in [-0.1, -0.05) is 0 Å². The number of aromatic nitrogens is 4. The first-order valence-corrected chi connectivity index (χ1v) is 8.93. The molecule has 0 aliphatic carbocycles. The molecule has 1 amide bonds. The van der Waals surface area contributed by atoms with Gasteiger partial charge in [0.2, 0.25) is 5.91 Å². The van der Waals surface area contributed by atoms with Crippen LogP contribution in [0.25, 0.3) is 5.65 Å². The first-order valence-electron chi connectivity index (χ1n) is 8.93. The minimum absolute atomic E-state index is 0.0445. The Bertz CT molecular complexity index is 1030. The van der Waals surface area contributed by atoms with Crippen LogP contribution in [0.3, 0.4) is 0 Å². The van der Waals surface area contributed by atoms with Gasteiger partial charge < -0.3 is 14.2 Å². The summed E-state index contributed by atoms with van der Waals surface area (Å²) in [6.45, 7) is 2.48. The van der Waals surface area contributed by atoms with Crippen LogP contribution in [0.15, 0.2) is 27.5 Å². The molecule has 1 fully saturated rings. The summed E-state index contributed by atoms with van der Waals surface area (Å²) in [6, 6.07) is 4.94. The zero-order chi connectivity index (χ0) is 19.0. The van der Waals surface area contributed by atoms with Crippen LogP contribution in [-0.2, 0) is 11.2 Å². The molecule has 4 heterocycles. The molecule has 27 heavy (non-hydrogen) atoms. The van der Waals surface area contributed by atoms with Gasteiger partial charge in [-0.15, -0.1) is 0 Å². The van der Waals surface area contributed by atoms with Crippen molar-refractivity contribution in [1.82, 2.24) is 24.7 Å². The zero-order valence-electron chi connectivity index (χ0n) is 15.3. The lowest BCUT2D eigenvalue weighted by atomic mass is 10.1. The number of hydrogen-bond acceptors (Lipinski definition) is 6. The van der Waals surface area contributed by atoms with Crippen LogP contribution in [0.2, 0.25) is 0 Å². The van der Waals surface area contributed by atoms with Crippen molar-refractivity contribution in [3.05, 3.63) is 45.7 Å². The average molecular weight is 371 g/mol. The van der Waals surface area contributed by atoms with Gasteiger partial charge in [-0.2, -0.15) is 0 Å². The topological polar surface area (TPSA) is 106 Å². The second kappa shape index (κ2) is 6.90. The molecular formula is C18H21N5O4. The Morgan fingerprint density at radius 2 is 2.26 bits per heavy atom. The Morgan fingerprint density at radius 1 is 1.41 bits per heavy atom. The van der Waals surface area contributed by atoms with Crippen molar-refractivity contribution >= 4 is 11.6 Å². The van der Waals surface area contributed by atoms with Crippen LogP contribution in [0.1, 0.15) is 42.5 Å².